The Morgan fingerprint density at radius 2 is 1.93 bits per heavy atom. The SMILES string of the molecule is CCCCNC(=O)c1ccc2c(n1)N=C(c1ccc(C)s1)c1ccccc1S2. The molecule has 0 radical (unpaired) electrons. The van der Waals surface area contributed by atoms with E-state index in [0.29, 0.717) is 18.1 Å². The van der Waals surface area contributed by atoms with Gasteiger partial charge in [0.25, 0.3) is 5.91 Å². The van der Waals surface area contributed by atoms with Crippen molar-refractivity contribution in [3.63, 3.8) is 0 Å². The lowest BCUT2D eigenvalue weighted by Crippen LogP contribution is -2.25. The number of benzene rings is 1. The summed E-state index contributed by atoms with van der Waals surface area (Å²) in [5, 5.41) is 2.93. The van der Waals surface area contributed by atoms with E-state index in [4.69, 9.17) is 4.99 Å². The number of thiophene rings is 1. The van der Waals surface area contributed by atoms with Gasteiger partial charge in [-0.05, 0) is 43.7 Å². The van der Waals surface area contributed by atoms with Crippen LogP contribution >= 0.6 is 23.1 Å². The van der Waals surface area contributed by atoms with Crippen molar-refractivity contribution in [3.05, 3.63) is 69.5 Å². The van der Waals surface area contributed by atoms with Crippen molar-refractivity contribution < 1.29 is 4.79 Å². The minimum absolute atomic E-state index is 0.147. The van der Waals surface area contributed by atoms with Crippen LogP contribution in [-0.2, 0) is 0 Å². The molecule has 1 aliphatic heterocycles. The van der Waals surface area contributed by atoms with Crippen molar-refractivity contribution in [2.45, 2.75) is 36.5 Å². The number of aromatic nitrogens is 1. The molecule has 1 amide bonds. The zero-order chi connectivity index (χ0) is 19.5. The molecule has 6 heteroatoms. The lowest BCUT2D eigenvalue weighted by atomic mass is 10.1. The van der Waals surface area contributed by atoms with Gasteiger partial charge in [-0.15, -0.1) is 11.3 Å². The lowest BCUT2D eigenvalue weighted by Gasteiger charge is -2.07. The zero-order valence-corrected chi connectivity index (χ0v) is 17.5. The van der Waals surface area contributed by atoms with Gasteiger partial charge in [-0.2, -0.15) is 0 Å². The first kappa shape index (κ1) is 18.9. The zero-order valence-electron chi connectivity index (χ0n) is 15.9. The normalized spacial score (nSPS) is 12.6. The molecule has 1 aromatic carbocycles. The number of unbranched alkanes of at least 4 members (excludes halogenated alkanes) is 1. The summed E-state index contributed by atoms with van der Waals surface area (Å²) < 4.78 is 0. The van der Waals surface area contributed by atoms with E-state index in [-0.39, 0.29) is 5.91 Å². The molecular weight excluding hydrogens is 386 g/mol. The Kier molecular flexibility index (Phi) is 5.59. The van der Waals surface area contributed by atoms with Crippen LogP contribution < -0.4 is 5.32 Å². The third kappa shape index (κ3) is 3.88. The van der Waals surface area contributed by atoms with Crippen LogP contribution in [0.15, 0.2) is 63.3 Å². The minimum atomic E-state index is -0.147. The second kappa shape index (κ2) is 8.29. The van der Waals surface area contributed by atoms with Gasteiger partial charge in [0.1, 0.15) is 5.69 Å². The van der Waals surface area contributed by atoms with Crippen LogP contribution in [0.5, 0.6) is 0 Å². The number of nitrogens with zero attached hydrogens (tertiary/aromatic N) is 2. The van der Waals surface area contributed by atoms with E-state index >= 15 is 0 Å². The molecule has 0 spiro atoms. The molecule has 0 atom stereocenters. The summed E-state index contributed by atoms with van der Waals surface area (Å²) in [6, 6.07) is 16.2. The average Bonchev–Trinajstić information content (AvgIpc) is 3.06. The molecule has 4 rings (SSSR count). The number of aryl methyl sites for hydroxylation is 1. The second-order valence-corrected chi connectivity index (χ2v) is 8.97. The molecule has 1 aliphatic rings. The molecule has 28 heavy (non-hydrogen) atoms. The largest absolute Gasteiger partial charge is 0.351 e. The van der Waals surface area contributed by atoms with E-state index in [9.17, 15) is 4.79 Å². The Bertz CT molecular complexity index is 1060. The van der Waals surface area contributed by atoms with Crippen LogP contribution in [-0.4, -0.2) is 23.1 Å². The molecule has 4 nitrogen and oxygen atoms in total. The summed E-state index contributed by atoms with van der Waals surface area (Å²) >= 11 is 3.37. The number of fused-ring (bicyclic) bond motifs is 2. The highest BCUT2D eigenvalue weighted by molar-refractivity contribution is 7.99. The van der Waals surface area contributed by atoms with Crippen LogP contribution in [0.2, 0.25) is 0 Å². The fraction of sp³-hybridized carbons (Fsp3) is 0.227. The van der Waals surface area contributed by atoms with Crippen LogP contribution in [0, 0.1) is 6.92 Å². The van der Waals surface area contributed by atoms with Gasteiger partial charge in [0.2, 0.25) is 0 Å². The number of amides is 1. The number of hydrogen-bond acceptors (Lipinski definition) is 5. The Labute approximate surface area is 173 Å². The van der Waals surface area contributed by atoms with Crippen molar-refractivity contribution in [3.8, 4) is 0 Å². The first-order valence-electron chi connectivity index (χ1n) is 9.37. The lowest BCUT2D eigenvalue weighted by molar-refractivity contribution is 0.0948. The fourth-order valence-electron chi connectivity index (χ4n) is 2.98. The summed E-state index contributed by atoms with van der Waals surface area (Å²) in [6.07, 6.45) is 2.00. The first-order valence-corrected chi connectivity index (χ1v) is 11.0. The minimum Gasteiger partial charge on any atom is -0.351 e. The molecule has 3 heterocycles. The molecule has 0 fully saturated rings. The standard InChI is InChI=1S/C22H21N3OS2/c1-3-4-13-23-22(26)16-10-12-19-21(24-16)25-20(18-11-9-14(2)27-18)15-7-5-6-8-17(15)28-19/h5-12H,3-4,13H2,1-2H3,(H,23,26). The van der Waals surface area contributed by atoms with Gasteiger partial charge >= 0.3 is 0 Å². The number of carbonyl (C=O) groups excluding carboxylic acids is 1. The van der Waals surface area contributed by atoms with Gasteiger partial charge in [-0.25, -0.2) is 9.98 Å². The van der Waals surface area contributed by atoms with E-state index in [1.807, 2.05) is 18.2 Å². The van der Waals surface area contributed by atoms with Gasteiger partial charge in [0.15, 0.2) is 5.82 Å². The Morgan fingerprint density at radius 1 is 1.07 bits per heavy atom. The Hall–Kier alpha value is -2.44. The van der Waals surface area contributed by atoms with E-state index in [1.165, 1.54) is 4.88 Å². The van der Waals surface area contributed by atoms with Gasteiger partial charge in [0, 0.05) is 21.9 Å². The molecule has 1 N–H and O–H groups in total. The van der Waals surface area contributed by atoms with E-state index < -0.39 is 0 Å². The van der Waals surface area contributed by atoms with Crippen molar-refractivity contribution in [1.82, 2.24) is 10.3 Å². The van der Waals surface area contributed by atoms with Crippen molar-refractivity contribution in [2.75, 3.05) is 6.54 Å². The van der Waals surface area contributed by atoms with Crippen molar-refractivity contribution in [1.29, 1.82) is 0 Å². The Balaban J connectivity index is 1.77. The number of pyridine rings is 1. The molecule has 0 saturated heterocycles. The first-order chi connectivity index (χ1) is 13.7. The summed E-state index contributed by atoms with van der Waals surface area (Å²) in [6.45, 7) is 4.86. The molecule has 142 valence electrons. The molecule has 0 unspecified atom stereocenters. The topological polar surface area (TPSA) is 54.4 Å². The van der Waals surface area contributed by atoms with Gasteiger partial charge in [-0.3, -0.25) is 4.79 Å². The second-order valence-electron chi connectivity index (χ2n) is 6.60. The maximum absolute atomic E-state index is 12.4. The number of hydrogen-bond donors (Lipinski definition) is 1. The summed E-state index contributed by atoms with van der Waals surface area (Å²) in [7, 11) is 0. The number of rotatable bonds is 5. The third-order valence-electron chi connectivity index (χ3n) is 4.44. The van der Waals surface area contributed by atoms with Crippen LogP contribution in [0.3, 0.4) is 0 Å². The highest BCUT2D eigenvalue weighted by Crippen LogP contribution is 2.40. The van der Waals surface area contributed by atoms with Crippen LogP contribution in [0.1, 0.15) is 45.6 Å². The fourth-order valence-corrected chi connectivity index (χ4v) is 4.82. The highest BCUT2D eigenvalue weighted by atomic mass is 32.2. The maximum atomic E-state index is 12.4. The smallest absolute Gasteiger partial charge is 0.269 e. The summed E-state index contributed by atoms with van der Waals surface area (Å²) in [5.41, 5.74) is 2.42. The van der Waals surface area contributed by atoms with Gasteiger partial charge in [-0.1, -0.05) is 43.3 Å². The highest BCUT2D eigenvalue weighted by Gasteiger charge is 2.21. The van der Waals surface area contributed by atoms with Crippen LogP contribution in [0.25, 0.3) is 0 Å². The molecule has 0 saturated carbocycles. The molecular formula is C22H21N3OS2. The predicted octanol–water partition coefficient (Wildman–Crippen LogP) is 5.62. The predicted molar refractivity (Wildman–Crippen MR) is 116 cm³/mol. The van der Waals surface area contributed by atoms with Crippen molar-refractivity contribution >= 4 is 40.5 Å². The monoisotopic (exact) mass is 407 g/mol. The van der Waals surface area contributed by atoms with Crippen LogP contribution in [0.4, 0.5) is 5.82 Å². The summed E-state index contributed by atoms with van der Waals surface area (Å²) in [5.74, 6) is 0.456. The number of aliphatic imine (C=N–C) groups is 1. The molecule has 0 aliphatic carbocycles. The number of nitrogens with one attached hydrogen (secondary N) is 1. The number of carbonyl (C=O) groups is 1. The van der Waals surface area contributed by atoms with E-state index in [2.05, 4.69) is 48.4 Å². The van der Waals surface area contributed by atoms with E-state index in [1.54, 1.807) is 29.2 Å². The Morgan fingerprint density at radius 3 is 2.71 bits per heavy atom. The quantitative estimate of drug-likeness (QED) is 0.437. The van der Waals surface area contributed by atoms with Gasteiger partial charge in [0.05, 0.1) is 15.5 Å². The molecule has 0 bridgehead atoms. The molecule has 3 aromatic rings. The van der Waals surface area contributed by atoms with E-state index in [0.717, 1.165) is 38.8 Å². The maximum Gasteiger partial charge on any atom is 0.269 e. The third-order valence-corrected chi connectivity index (χ3v) is 6.56. The summed E-state index contributed by atoms with van der Waals surface area (Å²) in [4.78, 5) is 26.4. The van der Waals surface area contributed by atoms with Crippen molar-refractivity contribution in [2.24, 2.45) is 4.99 Å². The average molecular weight is 408 g/mol. The van der Waals surface area contributed by atoms with Gasteiger partial charge < -0.3 is 5.32 Å². The molecule has 2 aromatic heterocycles.